The number of aromatic hydroxyl groups is 1. The van der Waals surface area contributed by atoms with Crippen molar-refractivity contribution in [3.63, 3.8) is 0 Å². The van der Waals surface area contributed by atoms with E-state index in [9.17, 15) is 19.1 Å². The number of nitrogens with one attached hydrogen (secondary N) is 1. The predicted molar refractivity (Wildman–Crippen MR) is 284 cm³/mol. The molecule has 0 bridgehead atoms. The second kappa shape index (κ2) is 22.2. The van der Waals surface area contributed by atoms with Crippen LogP contribution in [0.4, 0.5) is 26.0 Å². The largest absolute Gasteiger partial charge is 0.507 e. The van der Waals surface area contributed by atoms with Gasteiger partial charge in [0.1, 0.15) is 34.6 Å². The Labute approximate surface area is 427 Å². The van der Waals surface area contributed by atoms with E-state index >= 15 is 4.39 Å². The zero-order valence-corrected chi connectivity index (χ0v) is 43.0. The molecule has 0 spiro atoms. The average molecular weight is 1010 g/mol. The second-order valence-electron chi connectivity index (χ2n) is 18.6. The maximum absolute atomic E-state index is 15.8. The molecule has 2 N–H and O–H groups in total. The van der Waals surface area contributed by atoms with Crippen LogP contribution in [-0.4, -0.2) is 114 Å². The summed E-state index contributed by atoms with van der Waals surface area (Å²) in [5.41, 5.74) is 5.67. The summed E-state index contributed by atoms with van der Waals surface area (Å²) in [6.45, 7) is 18.0. The van der Waals surface area contributed by atoms with Crippen molar-refractivity contribution in [3.05, 3.63) is 138 Å². The summed E-state index contributed by atoms with van der Waals surface area (Å²) in [5, 5.41) is 18.4. The first-order chi connectivity index (χ1) is 35.5. The maximum Gasteiger partial charge on any atom is 0.355 e. The summed E-state index contributed by atoms with van der Waals surface area (Å²) >= 11 is 0. The SMILES string of the molecule is C=CC(=O)N1CCN(c2nc(=O)n(-c3c(C)ccnc3C(C)C)c3nc(-c4c(O)cccc4F)c(F)cc23)C(C)C1.COc1cc(OC)cc(N(CCNC(C)C)c2ccc3ncc(-c4cnn(C)c4)nc3c2)c1. The van der Waals surface area contributed by atoms with Gasteiger partial charge in [-0.1, -0.05) is 40.3 Å². The number of aryl methyl sites for hydroxylation is 2. The fraction of sp³-hybridized carbons (Fsp3) is 0.309. The van der Waals surface area contributed by atoms with E-state index in [-0.39, 0.29) is 34.7 Å². The van der Waals surface area contributed by atoms with Crippen molar-refractivity contribution in [3.8, 4) is 45.5 Å². The van der Waals surface area contributed by atoms with Crippen LogP contribution in [0, 0.1) is 18.6 Å². The van der Waals surface area contributed by atoms with Gasteiger partial charge in [0.15, 0.2) is 11.5 Å². The Morgan fingerprint density at radius 1 is 0.932 bits per heavy atom. The molecule has 9 rings (SSSR count). The Hall–Kier alpha value is -8.32. The van der Waals surface area contributed by atoms with Crippen LogP contribution >= 0.6 is 0 Å². The third-order valence-electron chi connectivity index (χ3n) is 12.7. The lowest BCUT2D eigenvalue weighted by Gasteiger charge is -2.40. The number of carbonyl (C=O) groups excluding carboxylic acids is 1. The van der Waals surface area contributed by atoms with Crippen molar-refractivity contribution in [2.24, 2.45) is 7.05 Å². The van der Waals surface area contributed by atoms with E-state index in [4.69, 9.17) is 14.5 Å². The Morgan fingerprint density at radius 3 is 2.34 bits per heavy atom. The lowest BCUT2D eigenvalue weighted by molar-refractivity contribution is -0.126. The quantitative estimate of drug-likeness (QED) is 0.0988. The average Bonchev–Trinajstić information content (AvgIpc) is 3.83. The van der Waals surface area contributed by atoms with Gasteiger partial charge in [0.2, 0.25) is 5.91 Å². The molecule has 1 atom stereocenters. The summed E-state index contributed by atoms with van der Waals surface area (Å²) in [6, 6.07) is 18.7. The highest BCUT2D eigenvalue weighted by Gasteiger charge is 2.31. The molecule has 3 aromatic carbocycles. The lowest BCUT2D eigenvalue weighted by Crippen LogP contribution is -2.54. The number of benzene rings is 3. The number of phenolic OH excluding ortho intramolecular Hbond substituents is 1. The van der Waals surface area contributed by atoms with Crippen molar-refractivity contribution in [1.29, 1.82) is 0 Å². The van der Waals surface area contributed by atoms with Crippen LogP contribution in [-0.2, 0) is 11.8 Å². The molecule has 0 radical (unpaired) electrons. The molecule has 1 aliphatic rings. The van der Waals surface area contributed by atoms with Gasteiger partial charge in [0.25, 0.3) is 0 Å². The van der Waals surface area contributed by atoms with Crippen LogP contribution < -0.4 is 30.3 Å². The van der Waals surface area contributed by atoms with E-state index in [1.54, 1.807) is 48.5 Å². The highest BCUT2D eigenvalue weighted by atomic mass is 19.1. The van der Waals surface area contributed by atoms with E-state index in [0.717, 1.165) is 70.4 Å². The number of amides is 1. The van der Waals surface area contributed by atoms with E-state index in [2.05, 4.69) is 67.8 Å². The topological polar surface area (TPSA) is 182 Å². The van der Waals surface area contributed by atoms with Crippen molar-refractivity contribution >= 4 is 45.2 Å². The Balaban J connectivity index is 0.000000202. The number of phenols is 1. The number of aromatic nitrogens is 8. The minimum Gasteiger partial charge on any atom is -0.507 e. The fourth-order valence-corrected chi connectivity index (χ4v) is 9.02. The first kappa shape index (κ1) is 52.0. The minimum absolute atomic E-state index is 0.0360. The van der Waals surface area contributed by atoms with Gasteiger partial charge in [-0.15, -0.1) is 0 Å². The third-order valence-corrected chi connectivity index (χ3v) is 12.7. The summed E-state index contributed by atoms with van der Waals surface area (Å²) in [7, 11) is 5.21. The molecule has 17 nitrogen and oxygen atoms in total. The van der Waals surface area contributed by atoms with Gasteiger partial charge in [0.05, 0.1) is 65.7 Å². The minimum atomic E-state index is -0.897. The van der Waals surface area contributed by atoms with Crippen LogP contribution in [0.2, 0.25) is 0 Å². The number of piperazine rings is 1. The zero-order chi connectivity index (χ0) is 53.0. The number of carbonyl (C=O) groups is 1. The summed E-state index contributed by atoms with van der Waals surface area (Å²) < 4.78 is 44.8. The fourth-order valence-electron chi connectivity index (χ4n) is 9.02. The highest BCUT2D eigenvalue weighted by Crippen LogP contribution is 2.38. The number of ether oxygens (including phenoxy) is 2. The monoisotopic (exact) mass is 1010 g/mol. The van der Waals surface area contributed by atoms with Gasteiger partial charge in [-0.3, -0.25) is 19.4 Å². The van der Waals surface area contributed by atoms with Crippen molar-refractivity contribution in [1.82, 2.24) is 49.5 Å². The molecule has 8 aromatic rings. The van der Waals surface area contributed by atoms with Gasteiger partial charge in [0, 0.05) is 99.4 Å². The number of fused-ring (bicyclic) bond motifs is 2. The number of anilines is 3. The molecule has 1 fully saturated rings. The van der Waals surface area contributed by atoms with Crippen LogP contribution in [0.1, 0.15) is 51.8 Å². The van der Waals surface area contributed by atoms with Crippen LogP contribution in [0.15, 0.2) is 109 Å². The Morgan fingerprint density at radius 2 is 1.69 bits per heavy atom. The van der Waals surface area contributed by atoms with Crippen molar-refractivity contribution in [2.75, 3.05) is 56.7 Å². The predicted octanol–water partition coefficient (Wildman–Crippen LogP) is 8.67. The summed E-state index contributed by atoms with van der Waals surface area (Å²) in [4.78, 5) is 54.7. The zero-order valence-electron chi connectivity index (χ0n) is 43.0. The van der Waals surface area contributed by atoms with Gasteiger partial charge < -0.3 is 34.6 Å². The molecule has 1 aliphatic heterocycles. The molecule has 1 unspecified atom stereocenters. The number of methoxy groups -OCH3 is 2. The number of nitrogens with zero attached hydrogens (tertiary/aromatic N) is 11. The first-order valence-electron chi connectivity index (χ1n) is 24.2. The van der Waals surface area contributed by atoms with Crippen molar-refractivity contribution in [2.45, 2.75) is 59.5 Å². The third kappa shape index (κ3) is 10.9. The highest BCUT2D eigenvalue weighted by molar-refractivity contribution is 5.92. The molecule has 0 aliphatic carbocycles. The molecule has 384 valence electrons. The van der Waals surface area contributed by atoms with Crippen LogP contribution in [0.5, 0.6) is 17.2 Å². The molecule has 6 heterocycles. The number of hydrogen-bond donors (Lipinski definition) is 2. The molecule has 1 saturated heterocycles. The maximum atomic E-state index is 15.8. The summed E-state index contributed by atoms with van der Waals surface area (Å²) in [5.74, 6) is -0.866. The number of hydrogen-bond acceptors (Lipinski definition) is 14. The van der Waals surface area contributed by atoms with Gasteiger partial charge in [-0.05, 0) is 73.9 Å². The van der Waals surface area contributed by atoms with E-state index in [1.807, 2.05) is 70.1 Å². The molecule has 1 amide bonds. The number of rotatable bonds is 14. The van der Waals surface area contributed by atoms with Crippen LogP contribution in [0.25, 0.3) is 50.3 Å². The second-order valence-corrected chi connectivity index (χ2v) is 18.6. The standard InChI is InChI=1S/C30H30F2N6O3.C25H30N6O2/c1-6-23(40)36-12-13-37(18(5)15-36)28-19-14-21(32)26(24-20(31)8-7-9-22(24)39)34-29(19)38(30(41)35-28)27-17(4)10-11-33-25(27)16(2)3;1-17(2)26-8-9-31(20-10-21(32-4)13-22(11-20)33-5)19-6-7-23-24(12-19)29-25(15-27-23)18-14-28-30(3)16-18/h6-11,14,16,18,39H,1,12-13,15H2,2-5H3;6-7,10-17,26H,8-9H2,1-5H3. The van der Waals surface area contributed by atoms with E-state index in [1.165, 1.54) is 22.8 Å². The van der Waals surface area contributed by atoms with Gasteiger partial charge >= 0.3 is 5.69 Å². The van der Waals surface area contributed by atoms with E-state index < -0.39 is 34.3 Å². The summed E-state index contributed by atoms with van der Waals surface area (Å²) in [6.07, 6.45) is 8.41. The lowest BCUT2D eigenvalue weighted by atomic mass is 10.0. The number of halogens is 2. The molecule has 19 heteroatoms. The first-order valence-corrected chi connectivity index (χ1v) is 24.2. The molecule has 0 saturated carbocycles. The number of pyridine rings is 2. The Bertz CT molecular complexity index is 3390. The van der Waals surface area contributed by atoms with Gasteiger partial charge in [-0.2, -0.15) is 10.1 Å². The smallest absolute Gasteiger partial charge is 0.355 e. The Kier molecular flexibility index (Phi) is 15.6. The molecular weight excluding hydrogens is 947 g/mol. The van der Waals surface area contributed by atoms with Crippen LogP contribution in [0.3, 0.4) is 0 Å². The molecule has 74 heavy (non-hydrogen) atoms. The molecule has 5 aromatic heterocycles. The van der Waals surface area contributed by atoms with Crippen molar-refractivity contribution < 1.29 is 28.2 Å². The van der Waals surface area contributed by atoms with E-state index in [0.29, 0.717) is 42.6 Å². The van der Waals surface area contributed by atoms with Gasteiger partial charge in [-0.25, -0.2) is 28.1 Å². The molecular formula is C55H60F2N12O5. The normalized spacial score (nSPS) is 13.6.